The Kier molecular flexibility index (Phi) is 4.00. The number of likely N-dealkylation sites (tertiary alicyclic amines) is 1. The molecule has 27 heavy (non-hydrogen) atoms. The van der Waals surface area contributed by atoms with Crippen molar-refractivity contribution < 1.29 is 9.32 Å². The molecule has 2 aliphatic heterocycles. The zero-order valence-electron chi connectivity index (χ0n) is 16.8. The number of anilines is 1. The van der Waals surface area contributed by atoms with Crippen LogP contribution in [-0.4, -0.2) is 70.7 Å². The summed E-state index contributed by atoms with van der Waals surface area (Å²) in [6.07, 6.45) is 3.70. The molecule has 7 heteroatoms. The van der Waals surface area contributed by atoms with Crippen molar-refractivity contribution in [3.63, 3.8) is 0 Å². The summed E-state index contributed by atoms with van der Waals surface area (Å²) in [6.45, 7) is 9.33. The Labute approximate surface area is 161 Å². The molecule has 2 saturated heterocycles. The van der Waals surface area contributed by atoms with Crippen molar-refractivity contribution in [3.05, 3.63) is 5.82 Å². The number of rotatable bonds is 4. The largest absolute Gasteiger partial charge is 0.343 e. The highest BCUT2D eigenvalue weighted by molar-refractivity contribution is 5.82. The number of carbonyl (C=O) groups is 1. The van der Waals surface area contributed by atoms with E-state index < -0.39 is 0 Å². The van der Waals surface area contributed by atoms with Crippen LogP contribution in [0.5, 0.6) is 0 Å². The third kappa shape index (κ3) is 2.85. The second kappa shape index (κ2) is 6.19. The lowest BCUT2D eigenvalue weighted by molar-refractivity contribution is -0.133. The van der Waals surface area contributed by atoms with Gasteiger partial charge in [-0.1, -0.05) is 5.16 Å². The minimum absolute atomic E-state index is 0.284. The maximum Gasteiger partial charge on any atom is 0.324 e. The van der Waals surface area contributed by atoms with Gasteiger partial charge in [-0.05, 0) is 57.8 Å². The second-order valence-corrected chi connectivity index (χ2v) is 9.51. The topological polar surface area (TPSA) is 65.7 Å². The predicted molar refractivity (Wildman–Crippen MR) is 101 cm³/mol. The zero-order chi connectivity index (χ0) is 18.9. The Morgan fingerprint density at radius 3 is 2.48 bits per heavy atom. The molecule has 0 radical (unpaired) electrons. The molecular weight excluding hydrogens is 342 g/mol. The van der Waals surface area contributed by atoms with Crippen LogP contribution in [-0.2, 0) is 4.79 Å². The highest BCUT2D eigenvalue weighted by Gasteiger charge is 2.61. The molecule has 3 heterocycles. The average molecular weight is 374 g/mol. The molecule has 1 aromatic heterocycles. The smallest absolute Gasteiger partial charge is 0.324 e. The van der Waals surface area contributed by atoms with E-state index in [1.165, 1.54) is 19.3 Å². The standard InChI is InChI=1S/C20H31N5O2/c1-11(2)23(4)19(26)18-16-9-24(10-17(16)18)14-5-13-6-15(7-14)25(8-13)20-21-12(3)22-27-20/h11,13-18H,5-10H2,1-4H3/t13?,14?,15?,16-,17+,18-. The number of piperidine rings is 1. The summed E-state index contributed by atoms with van der Waals surface area (Å²) < 4.78 is 5.43. The molecule has 0 spiro atoms. The molecule has 2 saturated carbocycles. The number of hydrogen-bond donors (Lipinski definition) is 0. The fourth-order valence-electron chi connectivity index (χ4n) is 5.85. The van der Waals surface area contributed by atoms with E-state index in [0.717, 1.165) is 25.6 Å². The molecule has 0 aromatic carbocycles. The lowest BCUT2D eigenvalue weighted by atomic mass is 9.85. The minimum atomic E-state index is 0.284. The van der Waals surface area contributed by atoms with Crippen molar-refractivity contribution in [2.45, 2.75) is 58.2 Å². The highest BCUT2D eigenvalue weighted by atomic mass is 16.5. The number of carbonyl (C=O) groups excluding carboxylic acids is 1. The third-order valence-corrected chi connectivity index (χ3v) is 7.56. The Morgan fingerprint density at radius 2 is 1.85 bits per heavy atom. The van der Waals surface area contributed by atoms with Crippen LogP contribution in [0, 0.1) is 30.6 Å². The fraction of sp³-hybridized carbons (Fsp3) is 0.850. The summed E-state index contributed by atoms with van der Waals surface area (Å²) in [5.41, 5.74) is 0. The van der Waals surface area contributed by atoms with E-state index in [0.29, 0.717) is 47.7 Å². The van der Waals surface area contributed by atoms with Gasteiger partial charge in [0.25, 0.3) is 0 Å². The molecule has 5 rings (SSSR count). The van der Waals surface area contributed by atoms with E-state index >= 15 is 0 Å². The van der Waals surface area contributed by atoms with Crippen LogP contribution < -0.4 is 4.90 Å². The number of hydrogen-bond acceptors (Lipinski definition) is 6. The molecule has 0 N–H and O–H groups in total. The maximum atomic E-state index is 12.6. The lowest BCUT2D eigenvalue weighted by Crippen LogP contribution is -2.43. The van der Waals surface area contributed by atoms with E-state index in [2.05, 4.69) is 33.8 Å². The van der Waals surface area contributed by atoms with Crippen molar-refractivity contribution in [3.8, 4) is 0 Å². The van der Waals surface area contributed by atoms with Gasteiger partial charge in [0.05, 0.1) is 0 Å². The molecule has 2 aliphatic carbocycles. The van der Waals surface area contributed by atoms with Gasteiger partial charge in [-0.2, -0.15) is 4.98 Å². The van der Waals surface area contributed by atoms with Gasteiger partial charge >= 0.3 is 6.01 Å². The number of amides is 1. The Bertz CT molecular complexity index is 722. The summed E-state index contributed by atoms with van der Waals surface area (Å²) >= 11 is 0. The van der Waals surface area contributed by atoms with Crippen molar-refractivity contribution in [1.82, 2.24) is 19.9 Å². The van der Waals surface area contributed by atoms with E-state index in [1.807, 2.05) is 18.9 Å². The molecule has 4 fully saturated rings. The predicted octanol–water partition coefficient (Wildman–Crippen LogP) is 1.78. The first-order valence-corrected chi connectivity index (χ1v) is 10.5. The molecule has 1 amide bonds. The van der Waals surface area contributed by atoms with Crippen LogP contribution in [0.2, 0.25) is 0 Å². The van der Waals surface area contributed by atoms with Crippen molar-refractivity contribution in [2.75, 3.05) is 31.6 Å². The minimum Gasteiger partial charge on any atom is -0.343 e. The van der Waals surface area contributed by atoms with Crippen molar-refractivity contribution in [2.24, 2.45) is 23.7 Å². The second-order valence-electron chi connectivity index (χ2n) is 9.51. The molecule has 7 nitrogen and oxygen atoms in total. The summed E-state index contributed by atoms with van der Waals surface area (Å²) in [6, 6.07) is 2.17. The van der Waals surface area contributed by atoms with Crippen LogP contribution in [0.3, 0.4) is 0 Å². The Balaban J connectivity index is 1.19. The normalized spacial score (nSPS) is 37.7. The molecule has 6 atom stereocenters. The van der Waals surface area contributed by atoms with Gasteiger partial charge in [-0.15, -0.1) is 0 Å². The number of aryl methyl sites for hydroxylation is 1. The SMILES string of the molecule is Cc1noc(N2CC3CC(N4C[C@@H]5[C@H](C4)[C@@H]5C(=O)N(C)C(C)C)CC2C3)n1. The first-order chi connectivity index (χ1) is 12.9. The Hall–Kier alpha value is -1.63. The average Bonchev–Trinajstić information content (AvgIpc) is 3.00. The summed E-state index contributed by atoms with van der Waals surface area (Å²) in [5.74, 6) is 3.26. The number of aromatic nitrogens is 2. The van der Waals surface area contributed by atoms with Crippen molar-refractivity contribution in [1.29, 1.82) is 0 Å². The quantitative estimate of drug-likeness (QED) is 0.802. The molecular formula is C20H31N5O2. The summed E-state index contributed by atoms with van der Waals surface area (Å²) in [5, 5.41) is 3.96. The third-order valence-electron chi connectivity index (χ3n) is 7.56. The molecule has 2 bridgehead atoms. The monoisotopic (exact) mass is 373 g/mol. The van der Waals surface area contributed by atoms with Crippen LogP contribution in [0.1, 0.15) is 38.9 Å². The van der Waals surface area contributed by atoms with Crippen LogP contribution >= 0.6 is 0 Å². The van der Waals surface area contributed by atoms with Gasteiger partial charge in [-0.3, -0.25) is 9.69 Å². The highest BCUT2D eigenvalue weighted by Crippen LogP contribution is 2.54. The lowest BCUT2D eigenvalue weighted by Gasteiger charge is -2.36. The van der Waals surface area contributed by atoms with E-state index in [1.54, 1.807) is 0 Å². The van der Waals surface area contributed by atoms with Crippen LogP contribution in [0.15, 0.2) is 4.52 Å². The molecule has 4 aliphatic rings. The van der Waals surface area contributed by atoms with Gasteiger partial charge in [-0.25, -0.2) is 0 Å². The van der Waals surface area contributed by atoms with Gasteiger partial charge in [0.2, 0.25) is 5.91 Å². The van der Waals surface area contributed by atoms with E-state index in [-0.39, 0.29) is 5.92 Å². The van der Waals surface area contributed by atoms with Crippen molar-refractivity contribution >= 4 is 11.9 Å². The first-order valence-electron chi connectivity index (χ1n) is 10.5. The van der Waals surface area contributed by atoms with Gasteiger partial charge < -0.3 is 14.3 Å². The fourth-order valence-corrected chi connectivity index (χ4v) is 5.85. The molecule has 1 aromatic rings. The van der Waals surface area contributed by atoms with E-state index in [9.17, 15) is 4.79 Å². The number of nitrogens with zero attached hydrogens (tertiary/aromatic N) is 5. The number of fused-ring (bicyclic) bond motifs is 3. The first kappa shape index (κ1) is 17.5. The van der Waals surface area contributed by atoms with Crippen LogP contribution in [0.25, 0.3) is 0 Å². The van der Waals surface area contributed by atoms with Gasteiger partial charge in [0.15, 0.2) is 5.82 Å². The van der Waals surface area contributed by atoms with E-state index in [4.69, 9.17) is 4.52 Å². The van der Waals surface area contributed by atoms with Gasteiger partial charge in [0, 0.05) is 50.7 Å². The van der Waals surface area contributed by atoms with Crippen LogP contribution in [0.4, 0.5) is 6.01 Å². The maximum absolute atomic E-state index is 12.6. The Morgan fingerprint density at radius 1 is 1.15 bits per heavy atom. The summed E-state index contributed by atoms with van der Waals surface area (Å²) in [4.78, 5) is 24.0. The molecule has 148 valence electrons. The van der Waals surface area contributed by atoms with Gasteiger partial charge in [0.1, 0.15) is 0 Å². The molecule has 3 unspecified atom stereocenters. The summed E-state index contributed by atoms with van der Waals surface area (Å²) in [7, 11) is 1.95. The zero-order valence-corrected chi connectivity index (χ0v) is 16.8.